The van der Waals surface area contributed by atoms with E-state index in [1.54, 1.807) is 0 Å². The maximum atomic E-state index is 11.7. The normalized spacial score (nSPS) is 25.6. The van der Waals surface area contributed by atoms with E-state index in [9.17, 15) is 14.7 Å². The number of nitrogens with two attached hydrogens (primary N) is 2. The minimum Gasteiger partial charge on any atom is -0.390 e. The summed E-state index contributed by atoms with van der Waals surface area (Å²) in [6.07, 6.45) is -0.449. The lowest BCUT2D eigenvalue weighted by atomic mass is 10.2. The van der Waals surface area contributed by atoms with Crippen molar-refractivity contribution in [2.24, 2.45) is 16.5 Å². The third-order valence-corrected chi connectivity index (χ3v) is 3.66. The fourth-order valence-electron chi connectivity index (χ4n) is 1.92. The quantitative estimate of drug-likeness (QED) is 0.266. The molecule has 0 radical (unpaired) electrons. The van der Waals surface area contributed by atoms with E-state index >= 15 is 0 Å². The standard InChI is InChI=1S/C10H14IN5O4/c11-4-3-16(10(19)15-8(4)18)7-1-5(17)6(20-7)2-14-9(12)13/h3,5-7,17H,1-2H2,(H4,12,13,14)(H,15,18,19)/t5-,6+,7+/m0/s1. The van der Waals surface area contributed by atoms with Crippen LogP contribution in [0.1, 0.15) is 12.6 Å². The zero-order valence-electron chi connectivity index (χ0n) is 10.3. The Morgan fingerprint density at radius 1 is 1.60 bits per heavy atom. The Morgan fingerprint density at radius 3 is 2.95 bits per heavy atom. The second-order valence-electron chi connectivity index (χ2n) is 4.34. The number of nitrogens with one attached hydrogen (secondary N) is 1. The molecule has 6 N–H and O–H groups in total. The van der Waals surface area contributed by atoms with Crippen LogP contribution in [0.2, 0.25) is 0 Å². The van der Waals surface area contributed by atoms with Gasteiger partial charge in [-0.2, -0.15) is 0 Å². The molecule has 1 aliphatic rings. The highest BCUT2D eigenvalue weighted by atomic mass is 127. The Labute approximate surface area is 126 Å². The van der Waals surface area contributed by atoms with Crippen molar-refractivity contribution in [3.8, 4) is 0 Å². The monoisotopic (exact) mass is 395 g/mol. The molecular weight excluding hydrogens is 381 g/mol. The number of aliphatic imine (C=N–C) groups is 1. The van der Waals surface area contributed by atoms with Crippen LogP contribution in [0.3, 0.4) is 0 Å². The molecule has 0 aliphatic carbocycles. The minimum absolute atomic E-state index is 0.0972. The van der Waals surface area contributed by atoms with Gasteiger partial charge in [0.25, 0.3) is 5.56 Å². The molecule has 2 rings (SSSR count). The van der Waals surface area contributed by atoms with Crippen molar-refractivity contribution < 1.29 is 9.84 Å². The molecule has 1 fully saturated rings. The molecule has 1 aromatic rings. The van der Waals surface area contributed by atoms with Crippen LogP contribution in [0.5, 0.6) is 0 Å². The SMILES string of the molecule is NC(N)=NC[C@H]1O[C@@H](n2cc(I)c(=O)[nH]c2=O)C[C@@H]1O. The van der Waals surface area contributed by atoms with Crippen LogP contribution in [0, 0.1) is 3.57 Å². The van der Waals surface area contributed by atoms with Crippen molar-refractivity contribution in [2.75, 3.05) is 6.54 Å². The molecule has 0 spiro atoms. The smallest absolute Gasteiger partial charge is 0.330 e. The van der Waals surface area contributed by atoms with Crippen molar-refractivity contribution in [1.82, 2.24) is 9.55 Å². The average molecular weight is 395 g/mol. The Morgan fingerprint density at radius 2 is 2.30 bits per heavy atom. The average Bonchev–Trinajstić information content (AvgIpc) is 2.72. The van der Waals surface area contributed by atoms with Crippen LogP contribution < -0.4 is 22.7 Å². The molecule has 2 heterocycles. The van der Waals surface area contributed by atoms with Gasteiger partial charge < -0.3 is 21.3 Å². The number of aromatic amines is 1. The summed E-state index contributed by atoms with van der Waals surface area (Å²) in [5.74, 6) is -0.0972. The van der Waals surface area contributed by atoms with Crippen LogP contribution in [0.4, 0.5) is 0 Å². The molecule has 0 unspecified atom stereocenters. The lowest BCUT2D eigenvalue weighted by Crippen LogP contribution is -2.33. The number of aromatic nitrogens is 2. The van der Waals surface area contributed by atoms with E-state index in [-0.39, 0.29) is 18.9 Å². The largest absolute Gasteiger partial charge is 0.390 e. The summed E-state index contributed by atoms with van der Waals surface area (Å²) < 4.78 is 7.15. The first-order valence-corrected chi connectivity index (χ1v) is 6.86. The van der Waals surface area contributed by atoms with Gasteiger partial charge in [-0.1, -0.05) is 0 Å². The van der Waals surface area contributed by atoms with Crippen LogP contribution >= 0.6 is 22.6 Å². The van der Waals surface area contributed by atoms with Crippen molar-refractivity contribution in [2.45, 2.75) is 24.9 Å². The molecule has 0 bridgehead atoms. The minimum atomic E-state index is -0.792. The van der Waals surface area contributed by atoms with Crippen LogP contribution in [-0.4, -0.2) is 39.4 Å². The zero-order valence-corrected chi connectivity index (χ0v) is 12.5. The second-order valence-corrected chi connectivity index (χ2v) is 5.50. The van der Waals surface area contributed by atoms with Gasteiger partial charge in [0, 0.05) is 12.6 Å². The summed E-state index contributed by atoms with van der Waals surface area (Å²) in [6, 6.07) is 0. The highest BCUT2D eigenvalue weighted by molar-refractivity contribution is 14.1. The van der Waals surface area contributed by atoms with E-state index in [4.69, 9.17) is 16.2 Å². The highest BCUT2D eigenvalue weighted by Gasteiger charge is 2.35. The number of halogens is 1. The van der Waals surface area contributed by atoms with Gasteiger partial charge in [-0.05, 0) is 22.6 Å². The predicted octanol–water partition coefficient (Wildman–Crippen LogP) is -1.94. The number of H-pyrrole nitrogens is 1. The Kier molecular flexibility index (Phi) is 4.45. The van der Waals surface area contributed by atoms with Crippen LogP contribution in [0.15, 0.2) is 20.8 Å². The summed E-state index contributed by atoms with van der Waals surface area (Å²) >= 11 is 1.81. The number of aliphatic hydroxyl groups is 1. The lowest BCUT2D eigenvalue weighted by Gasteiger charge is -2.14. The van der Waals surface area contributed by atoms with E-state index in [1.165, 1.54) is 10.8 Å². The molecule has 110 valence electrons. The number of aliphatic hydroxyl groups excluding tert-OH is 1. The Balaban J connectivity index is 2.20. The van der Waals surface area contributed by atoms with Crippen LogP contribution in [0.25, 0.3) is 0 Å². The van der Waals surface area contributed by atoms with Gasteiger partial charge >= 0.3 is 5.69 Å². The number of hydrogen-bond donors (Lipinski definition) is 4. The molecule has 1 aliphatic heterocycles. The molecular formula is C10H14IN5O4. The lowest BCUT2D eigenvalue weighted by molar-refractivity contribution is -0.0150. The van der Waals surface area contributed by atoms with Gasteiger partial charge in [-0.25, -0.2) is 4.79 Å². The van der Waals surface area contributed by atoms with E-state index in [2.05, 4.69) is 9.98 Å². The van der Waals surface area contributed by atoms with E-state index in [0.717, 1.165) is 0 Å². The van der Waals surface area contributed by atoms with Gasteiger partial charge in [-0.15, -0.1) is 0 Å². The van der Waals surface area contributed by atoms with Gasteiger partial charge in [0.1, 0.15) is 12.3 Å². The first-order valence-electron chi connectivity index (χ1n) is 5.78. The summed E-state index contributed by atoms with van der Waals surface area (Å²) in [6.45, 7) is 0.106. The Hall–Kier alpha value is -1.40. The second kappa shape index (κ2) is 5.93. The topological polar surface area (TPSA) is 149 Å². The van der Waals surface area contributed by atoms with E-state index in [0.29, 0.717) is 3.57 Å². The molecule has 1 aromatic heterocycles. The fraction of sp³-hybridized carbons (Fsp3) is 0.500. The molecule has 10 heteroatoms. The number of rotatable bonds is 3. The van der Waals surface area contributed by atoms with Crippen molar-refractivity contribution in [1.29, 1.82) is 0 Å². The first kappa shape index (κ1) is 15.0. The maximum absolute atomic E-state index is 11.7. The molecule has 0 amide bonds. The molecule has 0 aromatic carbocycles. The maximum Gasteiger partial charge on any atom is 0.330 e. The summed E-state index contributed by atoms with van der Waals surface area (Å²) in [7, 11) is 0. The van der Waals surface area contributed by atoms with E-state index in [1.807, 2.05) is 22.6 Å². The highest BCUT2D eigenvalue weighted by Crippen LogP contribution is 2.27. The van der Waals surface area contributed by atoms with Crippen molar-refractivity contribution >= 4 is 28.6 Å². The summed E-state index contributed by atoms with van der Waals surface area (Å²) in [5, 5.41) is 9.88. The van der Waals surface area contributed by atoms with Crippen molar-refractivity contribution in [3.63, 3.8) is 0 Å². The molecule has 1 saturated heterocycles. The van der Waals surface area contributed by atoms with Gasteiger partial charge in [0.15, 0.2) is 5.96 Å². The summed E-state index contributed by atoms with van der Waals surface area (Å²) in [4.78, 5) is 29.0. The third kappa shape index (κ3) is 3.19. The third-order valence-electron chi connectivity index (χ3n) is 2.89. The number of guanidine groups is 1. The zero-order chi connectivity index (χ0) is 14.9. The van der Waals surface area contributed by atoms with Gasteiger partial charge in [-0.3, -0.25) is 19.3 Å². The van der Waals surface area contributed by atoms with Crippen LogP contribution in [-0.2, 0) is 4.74 Å². The number of ether oxygens (including phenoxy) is 1. The number of nitrogens with zero attached hydrogens (tertiary/aromatic N) is 2. The molecule has 0 saturated carbocycles. The van der Waals surface area contributed by atoms with E-state index < -0.39 is 29.7 Å². The summed E-state index contributed by atoms with van der Waals surface area (Å²) in [5.41, 5.74) is 9.39. The molecule has 9 nitrogen and oxygen atoms in total. The van der Waals surface area contributed by atoms with Gasteiger partial charge in [0.2, 0.25) is 0 Å². The first-order chi connectivity index (χ1) is 9.38. The predicted molar refractivity (Wildman–Crippen MR) is 79.3 cm³/mol. The van der Waals surface area contributed by atoms with Gasteiger partial charge in [0.05, 0.1) is 16.2 Å². The Bertz CT molecular complexity index is 635. The molecule has 3 atom stereocenters. The van der Waals surface area contributed by atoms with Crippen molar-refractivity contribution in [3.05, 3.63) is 30.6 Å². The molecule has 20 heavy (non-hydrogen) atoms. The number of hydrogen-bond acceptors (Lipinski definition) is 5. The fourth-order valence-corrected chi connectivity index (χ4v) is 2.36.